The van der Waals surface area contributed by atoms with Gasteiger partial charge in [-0.1, -0.05) is 11.6 Å². The molecule has 4 nitrogen and oxygen atoms in total. The molecule has 1 aromatic heterocycles. The predicted octanol–water partition coefficient (Wildman–Crippen LogP) is 3.58. The molecule has 0 aliphatic carbocycles. The molecule has 0 unspecified atom stereocenters. The van der Waals surface area contributed by atoms with Crippen molar-refractivity contribution in [3.8, 4) is 5.75 Å². The fraction of sp³-hybridized carbons (Fsp3) is 0.286. The highest BCUT2D eigenvalue weighted by atomic mass is 35.5. The monoisotopic (exact) mass is 328 g/mol. The Bertz CT molecular complexity index is 621. The van der Waals surface area contributed by atoms with Crippen molar-refractivity contribution in [2.45, 2.75) is 26.0 Å². The molecule has 1 amide bonds. The average molecular weight is 329 g/mol. The second-order valence-corrected chi connectivity index (χ2v) is 5.77. The lowest BCUT2D eigenvalue weighted by atomic mass is 10.3. The number of benzene rings is 1. The fourth-order valence-corrected chi connectivity index (χ4v) is 2.51. The molecule has 0 aliphatic heterocycles. The van der Waals surface area contributed by atoms with E-state index < -0.39 is 11.9 Å². The van der Waals surface area contributed by atoms with Gasteiger partial charge in [0.05, 0.1) is 11.1 Å². The zero-order chi connectivity index (χ0) is 15.4. The summed E-state index contributed by atoms with van der Waals surface area (Å²) in [5.41, 5.74) is 0. The van der Waals surface area contributed by atoms with Gasteiger partial charge in [0.25, 0.3) is 5.91 Å². The summed E-state index contributed by atoms with van der Waals surface area (Å²) in [6, 6.07) is 3.56. The molecule has 1 heterocycles. The number of thiazole rings is 1. The Hall–Kier alpha value is -1.66. The average Bonchev–Trinajstić information content (AvgIpc) is 2.95. The molecule has 2 rings (SSSR count). The first kappa shape index (κ1) is 15.7. The molecule has 0 spiro atoms. The molecule has 1 aromatic carbocycles. The Kier molecular flexibility index (Phi) is 5.14. The van der Waals surface area contributed by atoms with Crippen LogP contribution in [0, 0.1) is 5.82 Å². The van der Waals surface area contributed by atoms with E-state index in [4.69, 9.17) is 16.3 Å². The molecule has 2 aromatic rings. The molecular formula is C14H14ClFN2O2S. The zero-order valence-corrected chi connectivity index (χ0v) is 13.0. The summed E-state index contributed by atoms with van der Waals surface area (Å²) < 4.78 is 18.4. The van der Waals surface area contributed by atoms with E-state index >= 15 is 0 Å². The van der Waals surface area contributed by atoms with Crippen LogP contribution in [0.2, 0.25) is 5.02 Å². The van der Waals surface area contributed by atoms with Crippen molar-refractivity contribution in [1.82, 2.24) is 10.3 Å². The molecule has 0 saturated heterocycles. The Morgan fingerprint density at radius 1 is 1.48 bits per heavy atom. The number of ether oxygens (including phenoxy) is 1. The van der Waals surface area contributed by atoms with Gasteiger partial charge in [-0.05, 0) is 32.0 Å². The number of carbonyl (C=O) groups is 1. The van der Waals surface area contributed by atoms with Gasteiger partial charge in [0.15, 0.2) is 6.10 Å². The van der Waals surface area contributed by atoms with Crippen LogP contribution in [0.3, 0.4) is 0 Å². The number of hydrogen-bond acceptors (Lipinski definition) is 4. The minimum Gasteiger partial charge on any atom is -0.479 e. The zero-order valence-electron chi connectivity index (χ0n) is 11.5. The summed E-state index contributed by atoms with van der Waals surface area (Å²) in [6.07, 6.45) is 0.927. The van der Waals surface area contributed by atoms with Gasteiger partial charge in [-0.2, -0.15) is 0 Å². The van der Waals surface area contributed by atoms with Crippen molar-refractivity contribution in [2.24, 2.45) is 0 Å². The molecule has 0 fully saturated rings. The van der Waals surface area contributed by atoms with E-state index in [-0.39, 0.29) is 22.7 Å². The van der Waals surface area contributed by atoms with Crippen LogP contribution in [0.15, 0.2) is 29.8 Å². The van der Waals surface area contributed by atoms with Crippen molar-refractivity contribution in [3.63, 3.8) is 0 Å². The molecule has 21 heavy (non-hydrogen) atoms. The number of halogens is 2. The van der Waals surface area contributed by atoms with E-state index in [1.807, 2.05) is 12.3 Å². The third-order valence-corrected chi connectivity index (χ3v) is 4.00. The second-order valence-electron chi connectivity index (χ2n) is 4.44. The predicted molar refractivity (Wildman–Crippen MR) is 80.2 cm³/mol. The van der Waals surface area contributed by atoms with Crippen LogP contribution in [0.4, 0.5) is 4.39 Å². The summed E-state index contributed by atoms with van der Waals surface area (Å²) in [6.45, 7) is 3.44. The number of carbonyl (C=O) groups excluding carboxylic acids is 1. The van der Waals surface area contributed by atoms with E-state index in [0.717, 1.165) is 11.1 Å². The van der Waals surface area contributed by atoms with Crippen molar-refractivity contribution in [1.29, 1.82) is 0 Å². The minimum absolute atomic E-state index is 0.127. The van der Waals surface area contributed by atoms with Crippen LogP contribution in [0.5, 0.6) is 5.75 Å². The number of nitrogens with one attached hydrogen (secondary N) is 1. The van der Waals surface area contributed by atoms with Crippen molar-refractivity contribution in [2.75, 3.05) is 0 Å². The Labute approximate surface area is 130 Å². The highest BCUT2D eigenvalue weighted by Gasteiger charge is 2.19. The summed E-state index contributed by atoms with van der Waals surface area (Å²) in [5, 5.41) is 5.59. The molecule has 0 bridgehead atoms. The van der Waals surface area contributed by atoms with Crippen LogP contribution in [0.25, 0.3) is 0 Å². The van der Waals surface area contributed by atoms with Crippen LogP contribution in [-0.2, 0) is 4.79 Å². The van der Waals surface area contributed by atoms with Crippen LogP contribution >= 0.6 is 22.9 Å². The fourth-order valence-electron chi connectivity index (χ4n) is 1.66. The maximum absolute atomic E-state index is 12.9. The number of aromatic nitrogens is 1. The highest BCUT2D eigenvalue weighted by molar-refractivity contribution is 7.09. The molecule has 0 saturated carbocycles. The minimum atomic E-state index is -0.754. The largest absolute Gasteiger partial charge is 0.479 e. The molecule has 1 N–H and O–H groups in total. The molecule has 0 radical (unpaired) electrons. The Balaban J connectivity index is 1.96. The lowest BCUT2D eigenvalue weighted by molar-refractivity contribution is -0.127. The summed E-state index contributed by atoms with van der Waals surface area (Å²) in [4.78, 5) is 16.2. The number of rotatable bonds is 5. The lowest BCUT2D eigenvalue weighted by Gasteiger charge is -2.18. The maximum Gasteiger partial charge on any atom is 0.261 e. The third kappa shape index (κ3) is 4.15. The first-order valence-electron chi connectivity index (χ1n) is 6.29. The topological polar surface area (TPSA) is 51.2 Å². The molecule has 112 valence electrons. The summed E-state index contributed by atoms with van der Waals surface area (Å²) in [5.74, 6) is -0.484. The van der Waals surface area contributed by atoms with E-state index in [1.165, 1.54) is 23.5 Å². The SMILES string of the molecule is C[C@H](NC(=O)[C@@H](C)Oc1ccc(F)cc1Cl)c1nccs1. The standard InChI is InChI=1S/C14H14ClFN2O2S/c1-8(14-17-5-6-21-14)18-13(19)9(2)20-12-4-3-10(16)7-11(12)15/h3-9H,1-2H3,(H,18,19)/t8-,9+/m0/s1. The van der Waals surface area contributed by atoms with E-state index in [0.29, 0.717) is 0 Å². The van der Waals surface area contributed by atoms with Gasteiger partial charge in [0, 0.05) is 11.6 Å². The van der Waals surface area contributed by atoms with Gasteiger partial charge in [-0.3, -0.25) is 4.79 Å². The molecule has 7 heteroatoms. The summed E-state index contributed by atoms with van der Waals surface area (Å²) in [7, 11) is 0. The number of hydrogen-bond donors (Lipinski definition) is 1. The smallest absolute Gasteiger partial charge is 0.261 e. The molecule has 0 aliphatic rings. The number of nitrogens with zero attached hydrogens (tertiary/aromatic N) is 1. The van der Waals surface area contributed by atoms with Gasteiger partial charge < -0.3 is 10.1 Å². The Morgan fingerprint density at radius 3 is 2.86 bits per heavy atom. The van der Waals surface area contributed by atoms with Crippen molar-refractivity contribution in [3.05, 3.63) is 45.6 Å². The van der Waals surface area contributed by atoms with Gasteiger partial charge in [0.2, 0.25) is 0 Å². The van der Waals surface area contributed by atoms with E-state index in [2.05, 4.69) is 10.3 Å². The van der Waals surface area contributed by atoms with Crippen LogP contribution in [-0.4, -0.2) is 17.0 Å². The number of amides is 1. The highest BCUT2D eigenvalue weighted by Crippen LogP contribution is 2.26. The van der Waals surface area contributed by atoms with Gasteiger partial charge in [-0.15, -0.1) is 11.3 Å². The van der Waals surface area contributed by atoms with Gasteiger partial charge >= 0.3 is 0 Å². The quantitative estimate of drug-likeness (QED) is 0.912. The van der Waals surface area contributed by atoms with E-state index in [1.54, 1.807) is 13.1 Å². The van der Waals surface area contributed by atoms with Gasteiger partial charge in [-0.25, -0.2) is 9.37 Å². The summed E-state index contributed by atoms with van der Waals surface area (Å²) >= 11 is 7.32. The second kappa shape index (κ2) is 6.87. The van der Waals surface area contributed by atoms with Gasteiger partial charge in [0.1, 0.15) is 16.6 Å². The molecular weight excluding hydrogens is 315 g/mol. The van der Waals surface area contributed by atoms with Crippen molar-refractivity contribution < 1.29 is 13.9 Å². The third-order valence-electron chi connectivity index (χ3n) is 2.75. The van der Waals surface area contributed by atoms with E-state index in [9.17, 15) is 9.18 Å². The van der Waals surface area contributed by atoms with Crippen molar-refractivity contribution >= 4 is 28.8 Å². The maximum atomic E-state index is 12.9. The Morgan fingerprint density at radius 2 is 2.24 bits per heavy atom. The lowest BCUT2D eigenvalue weighted by Crippen LogP contribution is -2.37. The van der Waals surface area contributed by atoms with Crippen LogP contribution in [0.1, 0.15) is 24.9 Å². The van der Waals surface area contributed by atoms with Crippen LogP contribution < -0.4 is 10.1 Å². The first-order chi connectivity index (χ1) is 9.97. The molecule has 2 atom stereocenters. The normalized spacial score (nSPS) is 13.5. The first-order valence-corrected chi connectivity index (χ1v) is 7.54.